The van der Waals surface area contributed by atoms with Crippen LogP contribution in [0.25, 0.3) is 11.0 Å². The zero-order valence-corrected chi connectivity index (χ0v) is 13.1. The molecule has 0 spiro atoms. The Balaban J connectivity index is 1.56. The van der Waals surface area contributed by atoms with E-state index in [4.69, 9.17) is 9.47 Å². The molecular formula is C19H15N3O2. The Morgan fingerprint density at radius 3 is 2.17 bits per heavy atom. The Labute approximate surface area is 139 Å². The first-order valence-corrected chi connectivity index (χ1v) is 7.56. The largest absolute Gasteiger partial charge is 0.457 e. The maximum atomic E-state index is 5.91. The summed E-state index contributed by atoms with van der Waals surface area (Å²) in [4.78, 5) is 8.47. The fourth-order valence-electron chi connectivity index (χ4n) is 2.47. The number of benzene rings is 2. The van der Waals surface area contributed by atoms with Gasteiger partial charge >= 0.3 is 0 Å². The van der Waals surface area contributed by atoms with Crippen LogP contribution in [0.1, 0.15) is 0 Å². The van der Waals surface area contributed by atoms with E-state index in [1.165, 1.54) is 6.33 Å². The van der Waals surface area contributed by atoms with Crippen molar-refractivity contribution in [2.24, 2.45) is 7.05 Å². The van der Waals surface area contributed by atoms with Crippen molar-refractivity contribution in [1.82, 2.24) is 14.5 Å². The van der Waals surface area contributed by atoms with Gasteiger partial charge in [0.1, 0.15) is 29.1 Å². The second kappa shape index (κ2) is 6.04. The number of fused-ring (bicyclic) bond motifs is 1. The van der Waals surface area contributed by atoms with Crippen LogP contribution in [0.5, 0.6) is 23.1 Å². The van der Waals surface area contributed by atoms with E-state index >= 15 is 0 Å². The van der Waals surface area contributed by atoms with Crippen LogP contribution in [-0.4, -0.2) is 14.5 Å². The predicted octanol–water partition coefficient (Wildman–Crippen LogP) is 4.55. The zero-order valence-electron chi connectivity index (χ0n) is 13.1. The summed E-state index contributed by atoms with van der Waals surface area (Å²) in [6.07, 6.45) is 3.44. The van der Waals surface area contributed by atoms with E-state index in [0.717, 1.165) is 22.5 Å². The summed E-state index contributed by atoms with van der Waals surface area (Å²) < 4.78 is 13.6. The van der Waals surface area contributed by atoms with Crippen LogP contribution in [0.15, 0.2) is 73.2 Å². The van der Waals surface area contributed by atoms with Gasteiger partial charge in [-0.1, -0.05) is 18.2 Å². The summed E-state index contributed by atoms with van der Waals surface area (Å²) in [5.41, 5.74) is 1.72. The lowest BCUT2D eigenvalue weighted by atomic mass is 10.3. The van der Waals surface area contributed by atoms with Gasteiger partial charge in [-0.05, 0) is 42.5 Å². The first-order valence-electron chi connectivity index (χ1n) is 7.56. The molecular weight excluding hydrogens is 302 g/mol. The van der Waals surface area contributed by atoms with E-state index in [1.54, 1.807) is 0 Å². The summed E-state index contributed by atoms with van der Waals surface area (Å²) >= 11 is 0. The Kier molecular flexibility index (Phi) is 3.59. The van der Waals surface area contributed by atoms with Gasteiger partial charge in [0, 0.05) is 13.2 Å². The molecule has 0 bridgehead atoms. The van der Waals surface area contributed by atoms with Gasteiger partial charge in [0.2, 0.25) is 5.88 Å². The Hall–Kier alpha value is -3.34. The van der Waals surface area contributed by atoms with Crippen molar-refractivity contribution >= 4 is 11.0 Å². The second-order valence-corrected chi connectivity index (χ2v) is 5.33. The Morgan fingerprint density at radius 1 is 0.750 bits per heavy atom. The van der Waals surface area contributed by atoms with Gasteiger partial charge < -0.3 is 14.0 Å². The van der Waals surface area contributed by atoms with Crippen LogP contribution >= 0.6 is 0 Å². The van der Waals surface area contributed by atoms with Crippen molar-refractivity contribution in [2.45, 2.75) is 0 Å². The Morgan fingerprint density at radius 2 is 1.42 bits per heavy atom. The molecule has 0 saturated heterocycles. The molecule has 2 aromatic heterocycles. The topological polar surface area (TPSA) is 49.2 Å². The number of hydrogen-bond acceptors (Lipinski definition) is 4. The molecule has 5 nitrogen and oxygen atoms in total. The van der Waals surface area contributed by atoms with Crippen LogP contribution in [0.4, 0.5) is 0 Å². The van der Waals surface area contributed by atoms with Gasteiger partial charge in [0.05, 0.1) is 5.52 Å². The van der Waals surface area contributed by atoms with Crippen LogP contribution in [-0.2, 0) is 7.05 Å². The summed E-state index contributed by atoms with van der Waals surface area (Å²) in [6, 6.07) is 19.0. The van der Waals surface area contributed by atoms with Crippen molar-refractivity contribution in [1.29, 1.82) is 0 Å². The van der Waals surface area contributed by atoms with Gasteiger partial charge in [-0.3, -0.25) is 0 Å². The average molecular weight is 317 g/mol. The number of ether oxygens (including phenoxy) is 2. The molecule has 24 heavy (non-hydrogen) atoms. The molecule has 0 aliphatic rings. The smallest absolute Gasteiger partial charge is 0.247 e. The van der Waals surface area contributed by atoms with Crippen molar-refractivity contribution < 1.29 is 9.47 Å². The molecule has 0 radical (unpaired) electrons. The summed E-state index contributed by atoms with van der Waals surface area (Å²) in [7, 11) is 1.94. The highest BCUT2D eigenvalue weighted by Crippen LogP contribution is 2.29. The maximum absolute atomic E-state index is 5.91. The summed E-state index contributed by atoms with van der Waals surface area (Å²) in [5, 5.41) is 0. The number of aryl methyl sites for hydroxylation is 1. The lowest BCUT2D eigenvalue weighted by molar-refractivity contribution is 0.458. The number of hydrogen-bond donors (Lipinski definition) is 0. The van der Waals surface area contributed by atoms with E-state index in [9.17, 15) is 0 Å². The van der Waals surface area contributed by atoms with Crippen molar-refractivity contribution in [3.05, 3.63) is 73.2 Å². The zero-order chi connectivity index (χ0) is 16.4. The molecule has 0 fully saturated rings. The highest BCUT2D eigenvalue weighted by molar-refractivity contribution is 5.80. The van der Waals surface area contributed by atoms with E-state index in [-0.39, 0.29) is 0 Å². The van der Waals surface area contributed by atoms with Crippen molar-refractivity contribution in [3.8, 4) is 23.1 Å². The molecule has 118 valence electrons. The van der Waals surface area contributed by atoms with Crippen LogP contribution in [0.2, 0.25) is 0 Å². The molecule has 2 heterocycles. The third kappa shape index (κ3) is 2.79. The lowest BCUT2D eigenvalue weighted by Crippen LogP contribution is -1.94. The van der Waals surface area contributed by atoms with E-state index in [2.05, 4.69) is 9.97 Å². The van der Waals surface area contributed by atoms with Crippen molar-refractivity contribution in [3.63, 3.8) is 0 Å². The van der Waals surface area contributed by atoms with Gasteiger partial charge in [0.25, 0.3) is 0 Å². The van der Waals surface area contributed by atoms with Gasteiger partial charge in [-0.25, -0.2) is 4.98 Å². The van der Waals surface area contributed by atoms with Gasteiger partial charge in [0.15, 0.2) is 0 Å². The Bertz CT molecular complexity index is 963. The predicted molar refractivity (Wildman–Crippen MR) is 91.5 cm³/mol. The molecule has 0 aliphatic heterocycles. The highest BCUT2D eigenvalue weighted by Gasteiger charge is 2.09. The molecule has 0 amide bonds. The van der Waals surface area contributed by atoms with Crippen LogP contribution < -0.4 is 9.47 Å². The molecule has 0 N–H and O–H groups in total. The minimum absolute atomic E-state index is 0.532. The fourth-order valence-corrected chi connectivity index (χ4v) is 2.47. The molecule has 4 rings (SSSR count). The molecule has 5 heteroatoms. The van der Waals surface area contributed by atoms with E-state index in [1.807, 2.05) is 78.5 Å². The standard InChI is InChI=1S/C19H15N3O2/c1-22-12-11-17-18(22)19(21-13-20-17)24-16-9-7-15(8-10-16)23-14-5-3-2-4-6-14/h2-13H,1H3. The average Bonchev–Trinajstić information content (AvgIpc) is 3.00. The minimum Gasteiger partial charge on any atom is -0.457 e. The first-order chi connectivity index (χ1) is 11.8. The quantitative estimate of drug-likeness (QED) is 0.554. The number of aromatic nitrogens is 3. The van der Waals surface area contributed by atoms with E-state index < -0.39 is 0 Å². The van der Waals surface area contributed by atoms with Crippen molar-refractivity contribution in [2.75, 3.05) is 0 Å². The lowest BCUT2D eigenvalue weighted by Gasteiger charge is -2.09. The molecule has 2 aromatic carbocycles. The fraction of sp³-hybridized carbons (Fsp3) is 0.0526. The molecule has 0 unspecified atom stereocenters. The third-order valence-electron chi connectivity index (χ3n) is 3.64. The maximum Gasteiger partial charge on any atom is 0.247 e. The normalized spacial score (nSPS) is 10.7. The number of rotatable bonds is 4. The molecule has 0 saturated carbocycles. The van der Waals surface area contributed by atoms with Crippen LogP contribution in [0.3, 0.4) is 0 Å². The second-order valence-electron chi connectivity index (χ2n) is 5.33. The third-order valence-corrected chi connectivity index (χ3v) is 3.64. The van der Waals surface area contributed by atoms with Crippen LogP contribution in [0, 0.1) is 0 Å². The summed E-state index contributed by atoms with van der Waals surface area (Å²) in [6.45, 7) is 0. The van der Waals surface area contributed by atoms with E-state index in [0.29, 0.717) is 11.6 Å². The van der Waals surface area contributed by atoms with Gasteiger partial charge in [-0.15, -0.1) is 0 Å². The minimum atomic E-state index is 0.532. The highest BCUT2D eigenvalue weighted by atomic mass is 16.5. The molecule has 0 atom stereocenters. The SMILES string of the molecule is Cn1ccc2ncnc(Oc3ccc(Oc4ccccc4)cc3)c21. The van der Waals surface area contributed by atoms with Gasteiger partial charge in [-0.2, -0.15) is 4.98 Å². The number of nitrogens with zero attached hydrogens (tertiary/aromatic N) is 3. The summed E-state index contributed by atoms with van der Waals surface area (Å²) in [5.74, 6) is 2.77. The molecule has 4 aromatic rings. The first kappa shape index (κ1) is 14.3. The number of para-hydroxylation sites is 1. The molecule has 0 aliphatic carbocycles. The monoisotopic (exact) mass is 317 g/mol.